The summed E-state index contributed by atoms with van der Waals surface area (Å²) in [7, 11) is 0. The molecule has 0 aromatic heterocycles. The van der Waals surface area contributed by atoms with Crippen LogP contribution in [0.4, 0.5) is 0 Å². The van der Waals surface area contributed by atoms with Gasteiger partial charge in [0, 0.05) is 12.1 Å². The van der Waals surface area contributed by atoms with Crippen LogP contribution >= 0.6 is 0 Å². The molecule has 0 aliphatic heterocycles. The van der Waals surface area contributed by atoms with Crippen LogP contribution in [0.15, 0.2) is 18.2 Å². The second-order valence-corrected chi connectivity index (χ2v) is 3.95. The van der Waals surface area contributed by atoms with Crippen LogP contribution in [0.5, 0.6) is 0 Å². The number of hydrogen-bond donors (Lipinski definition) is 4. The fraction of sp³-hybridized carbons (Fsp3) is 0.417. The lowest BCUT2D eigenvalue weighted by Gasteiger charge is -2.14. The first-order valence-electron chi connectivity index (χ1n) is 5.43. The third-order valence-corrected chi connectivity index (χ3v) is 2.65. The molecule has 1 aromatic rings. The summed E-state index contributed by atoms with van der Waals surface area (Å²) in [4.78, 5) is 11.0. The van der Waals surface area contributed by atoms with E-state index in [1.165, 1.54) is 0 Å². The third-order valence-electron chi connectivity index (χ3n) is 2.65. The van der Waals surface area contributed by atoms with Crippen LogP contribution in [0.2, 0.25) is 0 Å². The molecule has 0 bridgehead atoms. The number of rotatable bonds is 6. The van der Waals surface area contributed by atoms with Crippen molar-refractivity contribution in [2.45, 2.75) is 19.5 Å². The molecule has 94 valence electrons. The lowest BCUT2D eigenvalue weighted by molar-refractivity contribution is 0.1000. The highest BCUT2D eigenvalue weighted by Gasteiger charge is 2.07. The van der Waals surface area contributed by atoms with Crippen LogP contribution in [0, 0.1) is 6.92 Å². The predicted octanol–water partition coefficient (Wildman–Crippen LogP) is -0.463. The van der Waals surface area contributed by atoms with Gasteiger partial charge in [0.15, 0.2) is 0 Å². The van der Waals surface area contributed by atoms with Gasteiger partial charge < -0.3 is 21.3 Å². The second-order valence-electron chi connectivity index (χ2n) is 3.95. The van der Waals surface area contributed by atoms with E-state index in [4.69, 9.17) is 15.9 Å². The largest absolute Gasteiger partial charge is 0.395 e. The summed E-state index contributed by atoms with van der Waals surface area (Å²) in [6.45, 7) is 2.18. The van der Waals surface area contributed by atoms with Crippen molar-refractivity contribution >= 4 is 5.91 Å². The molecule has 0 aliphatic carbocycles. The molecule has 0 saturated carbocycles. The average Bonchev–Trinajstić information content (AvgIpc) is 2.31. The minimum Gasteiger partial charge on any atom is -0.395 e. The van der Waals surface area contributed by atoms with E-state index in [1.54, 1.807) is 12.1 Å². The Balaban J connectivity index is 2.69. The van der Waals surface area contributed by atoms with Crippen LogP contribution in [0.3, 0.4) is 0 Å². The Bertz CT molecular complexity index is 389. The zero-order chi connectivity index (χ0) is 12.8. The number of carbonyl (C=O) groups is 1. The minimum atomic E-state index is -0.448. The molecule has 5 N–H and O–H groups in total. The predicted molar refractivity (Wildman–Crippen MR) is 64.5 cm³/mol. The fourth-order valence-corrected chi connectivity index (χ4v) is 1.49. The van der Waals surface area contributed by atoms with Gasteiger partial charge >= 0.3 is 0 Å². The molecule has 0 heterocycles. The first-order valence-corrected chi connectivity index (χ1v) is 5.43. The Morgan fingerprint density at radius 2 is 2.06 bits per heavy atom. The highest BCUT2D eigenvalue weighted by atomic mass is 16.3. The van der Waals surface area contributed by atoms with Crippen molar-refractivity contribution in [2.75, 3.05) is 13.2 Å². The van der Waals surface area contributed by atoms with E-state index in [1.807, 2.05) is 13.0 Å². The quantitative estimate of drug-likeness (QED) is 0.539. The van der Waals surface area contributed by atoms with E-state index in [0.717, 1.165) is 11.1 Å². The van der Waals surface area contributed by atoms with Crippen LogP contribution in [0.1, 0.15) is 21.5 Å². The Morgan fingerprint density at radius 1 is 1.41 bits per heavy atom. The molecular formula is C12H18N2O3. The minimum absolute atomic E-state index is 0.116. The Labute approximate surface area is 100 Å². The van der Waals surface area contributed by atoms with Crippen molar-refractivity contribution < 1.29 is 15.0 Å². The molecule has 0 spiro atoms. The summed E-state index contributed by atoms with van der Waals surface area (Å²) >= 11 is 0. The molecule has 1 rings (SSSR count). The zero-order valence-corrected chi connectivity index (χ0v) is 9.81. The zero-order valence-electron chi connectivity index (χ0n) is 9.81. The van der Waals surface area contributed by atoms with E-state index in [-0.39, 0.29) is 19.3 Å². The summed E-state index contributed by atoms with van der Waals surface area (Å²) in [5.74, 6) is -0.448. The maximum atomic E-state index is 11.0. The van der Waals surface area contributed by atoms with Gasteiger partial charge in [-0.3, -0.25) is 4.79 Å². The average molecular weight is 238 g/mol. The van der Waals surface area contributed by atoms with Crippen molar-refractivity contribution in [3.8, 4) is 0 Å². The molecule has 1 aromatic carbocycles. The summed E-state index contributed by atoms with van der Waals surface area (Å²) in [6.07, 6.45) is 0. The number of nitrogens with one attached hydrogen (secondary N) is 1. The summed E-state index contributed by atoms with van der Waals surface area (Å²) in [5.41, 5.74) is 7.61. The van der Waals surface area contributed by atoms with Gasteiger partial charge in [-0.2, -0.15) is 0 Å². The molecule has 5 nitrogen and oxygen atoms in total. The van der Waals surface area contributed by atoms with Crippen molar-refractivity contribution in [2.24, 2.45) is 5.73 Å². The Morgan fingerprint density at radius 3 is 2.53 bits per heavy atom. The molecule has 0 unspecified atom stereocenters. The SMILES string of the molecule is Cc1cc(C(N)=O)ccc1CNC(CO)CO. The maximum absolute atomic E-state index is 11.0. The molecule has 0 radical (unpaired) electrons. The van der Waals surface area contributed by atoms with Crippen LogP contribution in [-0.4, -0.2) is 35.4 Å². The van der Waals surface area contributed by atoms with E-state index >= 15 is 0 Å². The van der Waals surface area contributed by atoms with E-state index in [9.17, 15) is 4.79 Å². The van der Waals surface area contributed by atoms with Crippen LogP contribution < -0.4 is 11.1 Å². The van der Waals surface area contributed by atoms with Gasteiger partial charge in [0.05, 0.1) is 19.3 Å². The van der Waals surface area contributed by atoms with Gasteiger partial charge in [-0.1, -0.05) is 6.07 Å². The standard InChI is InChI=1S/C12H18N2O3/c1-8-4-9(12(13)17)2-3-10(8)5-14-11(6-15)7-16/h2-4,11,14-16H,5-7H2,1H3,(H2,13,17). The normalized spacial score (nSPS) is 10.8. The number of carbonyl (C=O) groups excluding carboxylic acids is 1. The van der Waals surface area contributed by atoms with E-state index < -0.39 is 5.91 Å². The van der Waals surface area contributed by atoms with Crippen molar-refractivity contribution in [3.05, 3.63) is 34.9 Å². The van der Waals surface area contributed by atoms with Gasteiger partial charge in [0.25, 0.3) is 0 Å². The number of aliphatic hydroxyl groups excluding tert-OH is 2. The molecular weight excluding hydrogens is 220 g/mol. The Kier molecular flexibility index (Phi) is 5.09. The summed E-state index contributed by atoms with van der Waals surface area (Å²) in [5, 5.41) is 20.8. The fourth-order valence-electron chi connectivity index (χ4n) is 1.49. The molecule has 0 saturated heterocycles. The summed E-state index contributed by atoms with van der Waals surface area (Å²) < 4.78 is 0. The summed E-state index contributed by atoms with van der Waals surface area (Å²) in [6, 6.07) is 4.88. The smallest absolute Gasteiger partial charge is 0.248 e. The number of benzene rings is 1. The van der Waals surface area contributed by atoms with E-state index in [2.05, 4.69) is 5.32 Å². The topological polar surface area (TPSA) is 95.6 Å². The first-order chi connectivity index (χ1) is 8.08. The van der Waals surface area contributed by atoms with Crippen molar-refractivity contribution in [3.63, 3.8) is 0 Å². The number of nitrogens with two attached hydrogens (primary N) is 1. The number of hydrogen-bond acceptors (Lipinski definition) is 4. The first kappa shape index (κ1) is 13.6. The van der Waals surface area contributed by atoms with Gasteiger partial charge in [-0.05, 0) is 30.2 Å². The Hall–Kier alpha value is -1.43. The van der Waals surface area contributed by atoms with Crippen LogP contribution in [0.25, 0.3) is 0 Å². The van der Waals surface area contributed by atoms with E-state index in [0.29, 0.717) is 12.1 Å². The lowest BCUT2D eigenvalue weighted by atomic mass is 10.0. The second kappa shape index (κ2) is 6.34. The van der Waals surface area contributed by atoms with Gasteiger partial charge in [0.2, 0.25) is 5.91 Å². The highest BCUT2D eigenvalue weighted by Crippen LogP contribution is 2.10. The number of aliphatic hydroxyl groups is 2. The van der Waals surface area contributed by atoms with Gasteiger partial charge in [-0.25, -0.2) is 0 Å². The molecule has 0 fully saturated rings. The van der Waals surface area contributed by atoms with Crippen molar-refractivity contribution in [1.29, 1.82) is 0 Å². The molecule has 1 amide bonds. The third kappa shape index (κ3) is 3.81. The molecule has 0 aliphatic rings. The molecule has 5 heteroatoms. The maximum Gasteiger partial charge on any atom is 0.248 e. The molecule has 17 heavy (non-hydrogen) atoms. The number of primary amides is 1. The number of amides is 1. The number of aryl methyl sites for hydroxylation is 1. The highest BCUT2D eigenvalue weighted by molar-refractivity contribution is 5.93. The monoisotopic (exact) mass is 238 g/mol. The van der Waals surface area contributed by atoms with Crippen molar-refractivity contribution in [1.82, 2.24) is 5.32 Å². The lowest BCUT2D eigenvalue weighted by Crippen LogP contribution is -2.35. The van der Waals surface area contributed by atoms with Crippen LogP contribution in [-0.2, 0) is 6.54 Å². The molecule has 0 atom stereocenters. The van der Waals surface area contributed by atoms with Gasteiger partial charge in [0.1, 0.15) is 0 Å². The van der Waals surface area contributed by atoms with Gasteiger partial charge in [-0.15, -0.1) is 0 Å².